The normalized spacial score (nSPS) is 11.6. The van der Waals surface area contributed by atoms with Crippen molar-refractivity contribution in [1.29, 1.82) is 0 Å². The molecular weight excluding hydrogens is 1160 g/mol. The highest BCUT2D eigenvalue weighted by Crippen LogP contribution is 2.48. The minimum atomic E-state index is -0.668. The zero-order valence-electron chi connectivity index (χ0n) is 52.6. The van der Waals surface area contributed by atoms with E-state index in [1.165, 1.54) is 0 Å². The molecule has 95 heavy (non-hydrogen) atoms. The molecule has 2 aromatic heterocycles. The van der Waals surface area contributed by atoms with Gasteiger partial charge in [0.25, 0.3) is 0 Å². The van der Waals surface area contributed by atoms with Gasteiger partial charge >= 0.3 is 0 Å². The molecule has 8 heteroatoms. The summed E-state index contributed by atoms with van der Waals surface area (Å²) in [5.41, 5.74) is 18.6. The van der Waals surface area contributed by atoms with Crippen molar-refractivity contribution in [2.45, 2.75) is 19.3 Å². The van der Waals surface area contributed by atoms with Gasteiger partial charge < -0.3 is 38.9 Å². The van der Waals surface area contributed by atoms with E-state index >= 15 is 0 Å². The zero-order valence-corrected chi connectivity index (χ0v) is 52.6. The number of fused-ring (bicyclic) bond motifs is 6. The fourth-order valence-corrected chi connectivity index (χ4v) is 13.8. The summed E-state index contributed by atoms with van der Waals surface area (Å²) in [6.07, 6.45) is 0. The van der Waals surface area contributed by atoms with Crippen LogP contribution in [0.3, 0.4) is 0 Å². The number of phenolic OH excluding ortho intramolecular Hbond substituents is 2. The molecule has 0 saturated heterocycles. The summed E-state index contributed by atoms with van der Waals surface area (Å²) in [6.45, 7) is 4.45. The first-order valence-electron chi connectivity index (χ1n) is 32.2. The second kappa shape index (κ2) is 24.3. The van der Waals surface area contributed by atoms with Crippen molar-refractivity contribution >= 4 is 112 Å². The van der Waals surface area contributed by atoms with E-state index in [9.17, 15) is 10.2 Å². The Morgan fingerprint density at radius 2 is 0.421 bits per heavy atom. The van der Waals surface area contributed by atoms with Gasteiger partial charge in [-0.15, -0.1) is 0 Å². The monoisotopic (exact) mass is 1230 g/mol. The molecule has 2 heterocycles. The third-order valence-corrected chi connectivity index (χ3v) is 18.5. The van der Waals surface area contributed by atoms with Crippen molar-refractivity contribution in [3.63, 3.8) is 0 Å². The van der Waals surface area contributed by atoms with Gasteiger partial charge in [-0.25, -0.2) is 0 Å². The van der Waals surface area contributed by atoms with E-state index < -0.39 is 5.41 Å². The molecule has 0 aliphatic rings. The molecule has 0 aliphatic carbocycles. The fourth-order valence-electron chi connectivity index (χ4n) is 13.8. The van der Waals surface area contributed by atoms with Crippen LogP contribution in [0.5, 0.6) is 11.5 Å². The highest BCUT2D eigenvalue weighted by atomic mass is 16.3. The maximum Gasteiger partial charge on any atom is 0.139 e. The van der Waals surface area contributed by atoms with Crippen molar-refractivity contribution in [2.75, 3.05) is 19.6 Å². The lowest BCUT2D eigenvalue weighted by atomic mass is 9.77. The Kier molecular flexibility index (Phi) is 14.7. The van der Waals surface area contributed by atoms with Crippen LogP contribution in [-0.2, 0) is 5.41 Å². The molecule has 0 amide bonds. The van der Waals surface area contributed by atoms with Crippen LogP contribution in [0.2, 0.25) is 0 Å². The summed E-state index contributed by atoms with van der Waals surface area (Å²) >= 11 is 0. The summed E-state index contributed by atoms with van der Waals surface area (Å²) in [6, 6.07) is 123. The molecule has 16 aromatic rings. The highest BCUT2D eigenvalue weighted by molar-refractivity contribution is 6.14. The molecular formula is C87H66N6O2. The SMILES string of the molecule is CC(C)(c1ccc(O)c(-n2c3ccc(N(c4ccccc4)c4ccccc4)cc3c3cc(N(c4ccccc4)c4ccccc4)ccc32)c1)c1ccc(O)c(-n2c3ccc(N(c4ccccc4)c4ccccc4)cc3c3cc(N(c4ccccc4)c4ccccc4)ccc32)c1. The number of para-hydroxylation sites is 8. The van der Waals surface area contributed by atoms with Gasteiger partial charge in [0.05, 0.1) is 33.4 Å². The van der Waals surface area contributed by atoms with Crippen molar-refractivity contribution in [1.82, 2.24) is 9.13 Å². The van der Waals surface area contributed by atoms with E-state index in [0.717, 1.165) is 123 Å². The van der Waals surface area contributed by atoms with E-state index in [1.807, 2.05) is 72.8 Å². The first kappa shape index (κ1) is 57.6. The third kappa shape index (κ3) is 10.5. The van der Waals surface area contributed by atoms with Crippen LogP contribution in [0.15, 0.2) is 352 Å². The molecule has 0 saturated carbocycles. The number of rotatable bonds is 16. The van der Waals surface area contributed by atoms with Crippen LogP contribution in [0.4, 0.5) is 68.2 Å². The molecule has 2 N–H and O–H groups in total. The molecule has 0 spiro atoms. The van der Waals surface area contributed by atoms with Gasteiger partial charge in [-0.05, 0) is 205 Å². The zero-order chi connectivity index (χ0) is 64.0. The van der Waals surface area contributed by atoms with E-state index in [4.69, 9.17) is 0 Å². The minimum Gasteiger partial charge on any atom is -0.506 e. The summed E-state index contributed by atoms with van der Waals surface area (Å²) in [4.78, 5) is 9.18. The lowest BCUT2D eigenvalue weighted by Gasteiger charge is -2.28. The average Bonchev–Trinajstić information content (AvgIpc) is 1.60. The Balaban J connectivity index is 0.860. The van der Waals surface area contributed by atoms with Crippen molar-refractivity contribution in [3.05, 3.63) is 363 Å². The first-order valence-corrected chi connectivity index (χ1v) is 32.2. The standard InChI is InChI=1S/C87H66N6O2/c1-87(2,61-43-53-85(94)83(55-61)92-79-49-45-71(88(63-27-11-3-12-28-63)64-29-13-4-14-30-64)57-75(79)76-58-72(46-50-80(76)92)89(65-31-15-5-16-32-65)66-33-17-6-18-34-66)62-44-54-86(95)84(56-62)93-81-51-47-73(90(67-35-19-7-20-36-67)68-37-21-8-22-38-68)59-77(81)78-60-74(48-52-82(78)93)91(69-39-23-9-24-40-69)70-41-25-10-26-42-70/h3-60,94-95H,1-2H3. The number of benzene rings is 14. The van der Waals surface area contributed by atoms with Crippen LogP contribution in [0.1, 0.15) is 25.0 Å². The highest BCUT2D eigenvalue weighted by Gasteiger charge is 2.29. The minimum absolute atomic E-state index is 0.147. The summed E-state index contributed by atoms with van der Waals surface area (Å²) in [5, 5.41) is 29.0. The quantitative estimate of drug-likeness (QED) is 0.101. The fraction of sp³-hybridized carbons (Fsp3) is 0.0345. The van der Waals surface area contributed by atoms with Gasteiger partial charge in [0, 0.05) is 95.2 Å². The predicted octanol–water partition coefficient (Wildman–Crippen LogP) is 23.5. The lowest BCUT2D eigenvalue weighted by Crippen LogP contribution is -2.19. The lowest BCUT2D eigenvalue weighted by molar-refractivity contribution is 0.471. The largest absolute Gasteiger partial charge is 0.506 e. The first-order chi connectivity index (χ1) is 46.7. The third-order valence-electron chi connectivity index (χ3n) is 18.5. The van der Waals surface area contributed by atoms with Crippen LogP contribution >= 0.6 is 0 Å². The van der Waals surface area contributed by atoms with Crippen LogP contribution < -0.4 is 19.6 Å². The van der Waals surface area contributed by atoms with Gasteiger partial charge in [0.15, 0.2) is 0 Å². The Hall–Kier alpha value is -12.5. The van der Waals surface area contributed by atoms with Gasteiger partial charge in [0.1, 0.15) is 11.5 Å². The second-order valence-corrected chi connectivity index (χ2v) is 24.5. The number of phenols is 2. The Morgan fingerprint density at radius 3 is 0.621 bits per heavy atom. The molecule has 0 bridgehead atoms. The maximum atomic E-state index is 12.4. The Morgan fingerprint density at radius 1 is 0.221 bits per heavy atom. The van der Waals surface area contributed by atoms with Gasteiger partial charge in [-0.1, -0.05) is 172 Å². The van der Waals surface area contributed by atoms with E-state index in [0.29, 0.717) is 11.4 Å². The van der Waals surface area contributed by atoms with Crippen molar-refractivity contribution < 1.29 is 10.2 Å². The van der Waals surface area contributed by atoms with E-state index in [1.54, 1.807) is 0 Å². The number of hydrogen-bond donors (Lipinski definition) is 2. The summed E-state index contributed by atoms with van der Waals surface area (Å²) < 4.78 is 4.43. The molecule has 0 fully saturated rings. The predicted molar refractivity (Wildman–Crippen MR) is 396 cm³/mol. The van der Waals surface area contributed by atoms with Crippen molar-refractivity contribution in [2.24, 2.45) is 0 Å². The number of aromatic nitrogens is 2. The molecule has 0 unspecified atom stereocenters. The maximum absolute atomic E-state index is 12.4. The molecule has 16 rings (SSSR count). The second-order valence-electron chi connectivity index (χ2n) is 24.5. The number of aromatic hydroxyl groups is 2. The number of anilines is 12. The number of hydrogen-bond acceptors (Lipinski definition) is 6. The van der Waals surface area contributed by atoms with Gasteiger partial charge in [0.2, 0.25) is 0 Å². The van der Waals surface area contributed by atoms with Gasteiger partial charge in [-0.3, -0.25) is 0 Å². The molecule has 0 atom stereocenters. The van der Waals surface area contributed by atoms with Crippen LogP contribution in [0.25, 0.3) is 55.0 Å². The summed E-state index contributed by atoms with van der Waals surface area (Å²) in [7, 11) is 0. The van der Waals surface area contributed by atoms with Crippen LogP contribution in [-0.4, -0.2) is 19.3 Å². The smallest absolute Gasteiger partial charge is 0.139 e. The average molecular weight is 1230 g/mol. The van der Waals surface area contributed by atoms with Gasteiger partial charge in [-0.2, -0.15) is 0 Å². The van der Waals surface area contributed by atoms with Crippen molar-refractivity contribution in [3.8, 4) is 22.9 Å². The van der Waals surface area contributed by atoms with E-state index in [2.05, 4.69) is 322 Å². The molecule has 456 valence electrons. The molecule has 0 radical (unpaired) electrons. The molecule has 14 aromatic carbocycles. The van der Waals surface area contributed by atoms with Crippen LogP contribution in [0, 0.1) is 0 Å². The topological polar surface area (TPSA) is 63.3 Å². The van der Waals surface area contributed by atoms with E-state index in [-0.39, 0.29) is 11.5 Å². The summed E-state index contributed by atoms with van der Waals surface area (Å²) in [5.74, 6) is 0.294. The Labute approximate surface area is 552 Å². The Bertz CT molecular complexity index is 4640. The number of nitrogens with zero attached hydrogens (tertiary/aromatic N) is 6. The molecule has 0 aliphatic heterocycles. The molecule has 8 nitrogen and oxygen atoms in total.